The molecule has 1 aromatic carbocycles. The number of aromatic nitrogens is 2. The van der Waals surface area contributed by atoms with E-state index in [1.165, 1.54) is 0 Å². The molecule has 0 saturated heterocycles. The number of amides is 1. The average molecular weight is 295 g/mol. The van der Waals surface area contributed by atoms with Crippen LogP contribution < -0.4 is 10.6 Å². The number of rotatable bonds is 6. The van der Waals surface area contributed by atoms with E-state index in [9.17, 15) is 4.79 Å². The SMILES string of the molecule is CNCCC(=O)NCc1ccccc1-n1cccn1.Cl. The lowest BCUT2D eigenvalue weighted by Gasteiger charge is -2.10. The maximum absolute atomic E-state index is 11.6. The Kier molecular flexibility index (Phi) is 6.76. The van der Waals surface area contributed by atoms with E-state index in [2.05, 4.69) is 15.7 Å². The third-order valence-corrected chi connectivity index (χ3v) is 2.82. The Morgan fingerprint density at radius 1 is 1.30 bits per heavy atom. The van der Waals surface area contributed by atoms with Crippen LogP contribution in [0, 0.1) is 0 Å². The Hall–Kier alpha value is -1.85. The first-order valence-corrected chi connectivity index (χ1v) is 6.30. The van der Waals surface area contributed by atoms with Crippen molar-refractivity contribution in [3.63, 3.8) is 0 Å². The van der Waals surface area contributed by atoms with Gasteiger partial charge in [0.25, 0.3) is 0 Å². The van der Waals surface area contributed by atoms with Gasteiger partial charge in [-0.15, -0.1) is 12.4 Å². The predicted molar refractivity (Wildman–Crippen MR) is 81.2 cm³/mol. The molecule has 0 spiro atoms. The molecule has 0 aliphatic heterocycles. The summed E-state index contributed by atoms with van der Waals surface area (Å²) < 4.78 is 1.80. The topological polar surface area (TPSA) is 59.0 Å². The minimum absolute atomic E-state index is 0. The fourth-order valence-corrected chi connectivity index (χ4v) is 1.82. The van der Waals surface area contributed by atoms with Crippen molar-refractivity contribution in [2.45, 2.75) is 13.0 Å². The zero-order chi connectivity index (χ0) is 13.5. The molecule has 0 aliphatic rings. The van der Waals surface area contributed by atoms with Gasteiger partial charge in [-0.2, -0.15) is 5.10 Å². The van der Waals surface area contributed by atoms with Crippen LogP contribution in [0.25, 0.3) is 5.69 Å². The van der Waals surface area contributed by atoms with Crippen LogP contribution in [-0.2, 0) is 11.3 Å². The van der Waals surface area contributed by atoms with E-state index in [4.69, 9.17) is 0 Å². The Morgan fingerprint density at radius 3 is 2.80 bits per heavy atom. The minimum Gasteiger partial charge on any atom is -0.352 e. The van der Waals surface area contributed by atoms with Crippen molar-refractivity contribution in [1.29, 1.82) is 0 Å². The molecule has 1 amide bonds. The number of carbonyl (C=O) groups excluding carboxylic acids is 1. The number of hydrogen-bond acceptors (Lipinski definition) is 3. The summed E-state index contributed by atoms with van der Waals surface area (Å²) >= 11 is 0. The van der Waals surface area contributed by atoms with Crippen LogP contribution in [0.2, 0.25) is 0 Å². The largest absolute Gasteiger partial charge is 0.352 e. The minimum atomic E-state index is 0. The molecule has 0 radical (unpaired) electrons. The highest BCUT2D eigenvalue weighted by Crippen LogP contribution is 2.12. The Balaban J connectivity index is 0.00000200. The summed E-state index contributed by atoms with van der Waals surface area (Å²) in [4.78, 5) is 11.6. The predicted octanol–water partition coefficient (Wildman–Crippen LogP) is 1.52. The van der Waals surface area contributed by atoms with E-state index >= 15 is 0 Å². The first-order chi connectivity index (χ1) is 9.31. The van der Waals surface area contributed by atoms with Crippen molar-refractivity contribution in [3.05, 3.63) is 48.3 Å². The second kappa shape index (κ2) is 8.35. The summed E-state index contributed by atoms with van der Waals surface area (Å²) in [5.41, 5.74) is 2.03. The van der Waals surface area contributed by atoms with Gasteiger partial charge in [0.15, 0.2) is 0 Å². The number of carbonyl (C=O) groups is 1. The molecule has 2 rings (SSSR count). The Labute approximate surface area is 124 Å². The lowest BCUT2D eigenvalue weighted by atomic mass is 10.1. The van der Waals surface area contributed by atoms with Gasteiger partial charge < -0.3 is 10.6 Å². The summed E-state index contributed by atoms with van der Waals surface area (Å²) in [5.74, 6) is 0.0459. The monoisotopic (exact) mass is 294 g/mol. The Bertz CT molecular complexity index is 528. The van der Waals surface area contributed by atoms with Gasteiger partial charge in [-0.25, -0.2) is 4.68 Å². The molecule has 1 heterocycles. The third-order valence-electron chi connectivity index (χ3n) is 2.82. The number of benzene rings is 1. The number of para-hydroxylation sites is 1. The van der Waals surface area contributed by atoms with E-state index < -0.39 is 0 Å². The van der Waals surface area contributed by atoms with Crippen molar-refractivity contribution < 1.29 is 4.79 Å². The molecule has 5 nitrogen and oxygen atoms in total. The van der Waals surface area contributed by atoms with Crippen molar-refractivity contribution in [1.82, 2.24) is 20.4 Å². The quantitative estimate of drug-likeness (QED) is 0.849. The molecule has 0 atom stereocenters. The maximum atomic E-state index is 11.6. The van der Waals surface area contributed by atoms with Crippen LogP contribution in [0.4, 0.5) is 0 Å². The van der Waals surface area contributed by atoms with Crippen molar-refractivity contribution in [2.24, 2.45) is 0 Å². The standard InChI is InChI=1S/C14H18N4O.ClH/c1-15-9-7-14(19)16-11-12-5-2-3-6-13(12)18-10-4-8-17-18;/h2-6,8,10,15H,7,9,11H2,1H3,(H,16,19);1H. The van der Waals surface area contributed by atoms with E-state index in [0.29, 0.717) is 19.5 Å². The summed E-state index contributed by atoms with van der Waals surface area (Å²) in [6.07, 6.45) is 4.12. The first-order valence-electron chi connectivity index (χ1n) is 6.30. The maximum Gasteiger partial charge on any atom is 0.221 e. The fraction of sp³-hybridized carbons (Fsp3) is 0.286. The highest BCUT2D eigenvalue weighted by Gasteiger charge is 2.06. The number of nitrogens with zero attached hydrogens (tertiary/aromatic N) is 2. The molecule has 1 aromatic heterocycles. The number of halogens is 1. The third kappa shape index (κ3) is 4.36. The molecule has 0 fully saturated rings. The molecule has 0 bridgehead atoms. The number of hydrogen-bond donors (Lipinski definition) is 2. The van der Waals surface area contributed by atoms with Gasteiger partial charge >= 0.3 is 0 Å². The summed E-state index contributed by atoms with van der Waals surface area (Å²) in [5, 5.41) is 10.1. The molecular weight excluding hydrogens is 276 g/mol. The molecular formula is C14H19ClN4O. The molecule has 108 valence electrons. The van der Waals surface area contributed by atoms with Gasteiger partial charge in [-0.3, -0.25) is 4.79 Å². The number of nitrogens with one attached hydrogen (secondary N) is 2. The molecule has 0 saturated carbocycles. The Morgan fingerprint density at radius 2 is 2.10 bits per heavy atom. The molecule has 0 unspecified atom stereocenters. The summed E-state index contributed by atoms with van der Waals surface area (Å²) in [6, 6.07) is 9.78. The fourth-order valence-electron chi connectivity index (χ4n) is 1.82. The van der Waals surface area contributed by atoms with Crippen LogP contribution in [0.3, 0.4) is 0 Å². The van der Waals surface area contributed by atoms with E-state index in [1.807, 2.05) is 43.6 Å². The molecule has 6 heteroatoms. The summed E-state index contributed by atoms with van der Waals surface area (Å²) in [6.45, 7) is 1.20. The van der Waals surface area contributed by atoms with Crippen LogP contribution in [0.1, 0.15) is 12.0 Å². The van der Waals surface area contributed by atoms with Gasteiger partial charge in [0.1, 0.15) is 0 Å². The van der Waals surface area contributed by atoms with Crippen molar-refractivity contribution in [2.75, 3.05) is 13.6 Å². The van der Waals surface area contributed by atoms with Gasteiger partial charge in [0.2, 0.25) is 5.91 Å². The first kappa shape index (κ1) is 16.2. The van der Waals surface area contributed by atoms with Gasteiger partial charge in [-0.1, -0.05) is 18.2 Å². The summed E-state index contributed by atoms with van der Waals surface area (Å²) in [7, 11) is 1.83. The van der Waals surface area contributed by atoms with Crippen LogP contribution in [0.15, 0.2) is 42.7 Å². The zero-order valence-electron chi connectivity index (χ0n) is 11.4. The van der Waals surface area contributed by atoms with Crippen LogP contribution in [-0.4, -0.2) is 29.3 Å². The van der Waals surface area contributed by atoms with E-state index in [1.54, 1.807) is 10.9 Å². The lowest BCUT2D eigenvalue weighted by molar-refractivity contribution is -0.121. The highest BCUT2D eigenvalue weighted by molar-refractivity contribution is 5.85. The lowest BCUT2D eigenvalue weighted by Crippen LogP contribution is -2.26. The zero-order valence-corrected chi connectivity index (χ0v) is 12.2. The van der Waals surface area contributed by atoms with Gasteiger partial charge in [0.05, 0.1) is 5.69 Å². The second-order valence-electron chi connectivity index (χ2n) is 4.21. The smallest absolute Gasteiger partial charge is 0.221 e. The average Bonchev–Trinajstić information content (AvgIpc) is 2.97. The van der Waals surface area contributed by atoms with Crippen LogP contribution >= 0.6 is 12.4 Å². The molecule has 20 heavy (non-hydrogen) atoms. The highest BCUT2D eigenvalue weighted by atomic mass is 35.5. The van der Waals surface area contributed by atoms with E-state index in [-0.39, 0.29) is 18.3 Å². The van der Waals surface area contributed by atoms with Gasteiger partial charge in [0, 0.05) is 31.9 Å². The molecule has 2 N–H and O–H groups in total. The van der Waals surface area contributed by atoms with Crippen LogP contribution in [0.5, 0.6) is 0 Å². The normalized spacial score (nSPS) is 9.85. The second-order valence-corrected chi connectivity index (χ2v) is 4.21. The molecule has 0 aliphatic carbocycles. The van der Waals surface area contributed by atoms with Gasteiger partial charge in [-0.05, 0) is 24.7 Å². The van der Waals surface area contributed by atoms with E-state index in [0.717, 1.165) is 11.3 Å². The molecule has 2 aromatic rings. The van der Waals surface area contributed by atoms with Crippen molar-refractivity contribution in [3.8, 4) is 5.69 Å². The van der Waals surface area contributed by atoms with Crippen molar-refractivity contribution >= 4 is 18.3 Å².